The summed E-state index contributed by atoms with van der Waals surface area (Å²) in [5.41, 5.74) is 0.458. The maximum atomic E-state index is 13.6. The molecule has 8 atom stereocenters. The average molecular weight is 387 g/mol. The molecule has 4 aliphatic rings. The molecule has 0 saturated heterocycles. The second kappa shape index (κ2) is 7.24. The summed E-state index contributed by atoms with van der Waals surface area (Å²) in [6.45, 7) is 12.0. The van der Waals surface area contributed by atoms with Crippen LogP contribution in [-0.2, 0) is 9.59 Å². The third-order valence-corrected chi connectivity index (χ3v) is 10.2. The van der Waals surface area contributed by atoms with Crippen molar-refractivity contribution in [2.24, 2.45) is 52.3 Å². The second-order valence-electron chi connectivity index (χ2n) is 12.0. The Hall–Kier alpha value is -0.660. The monoisotopic (exact) mass is 386 g/mol. The van der Waals surface area contributed by atoms with E-state index in [1.165, 1.54) is 44.9 Å². The molecule has 28 heavy (non-hydrogen) atoms. The van der Waals surface area contributed by atoms with Crippen LogP contribution in [0.3, 0.4) is 0 Å². The molecule has 4 fully saturated rings. The SMILES string of the molecule is CC(C)CCC[C@H](C)[C@@H]1CC[C@@H]2[C@@H]3C(=O)[C@@H]4CC(=O)CC[C@]4(C)[C@@H]3CC[C@@]21C. The summed E-state index contributed by atoms with van der Waals surface area (Å²) in [6, 6.07) is 0. The molecule has 4 aliphatic carbocycles. The fraction of sp³-hybridized carbons (Fsp3) is 0.923. The standard InChI is InChI=1S/C26H42O2/c1-16(2)7-6-8-17(3)19-9-10-20-23-21(12-14-25(19,20)4)26(5)13-11-18(27)15-22(26)24(23)28/h16-17,19-23H,6-15H2,1-5H3/t17-,19-,20+,21+,22-,23-,25+,26+/m0/s1. The zero-order valence-corrected chi connectivity index (χ0v) is 18.9. The van der Waals surface area contributed by atoms with Crippen molar-refractivity contribution in [1.82, 2.24) is 0 Å². The van der Waals surface area contributed by atoms with Crippen LogP contribution in [-0.4, -0.2) is 11.6 Å². The molecule has 0 aromatic heterocycles. The van der Waals surface area contributed by atoms with Crippen molar-refractivity contribution in [1.29, 1.82) is 0 Å². The van der Waals surface area contributed by atoms with Crippen LogP contribution >= 0.6 is 0 Å². The minimum Gasteiger partial charge on any atom is -0.300 e. The van der Waals surface area contributed by atoms with Crippen LogP contribution in [0.4, 0.5) is 0 Å². The molecule has 158 valence electrons. The summed E-state index contributed by atoms with van der Waals surface area (Å²) in [4.78, 5) is 25.7. The molecule has 0 heterocycles. The van der Waals surface area contributed by atoms with Gasteiger partial charge in [-0.2, -0.15) is 0 Å². The van der Waals surface area contributed by atoms with E-state index in [9.17, 15) is 9.59 Å². The van der Waals surface area contributed by atoms with Gasteiger partial charge in [0.1, 0.15) is 11.6 Å². The maximum Gasteiger partial charge on any atom is 0.140 e. The van der Waals surface area contributed by atoms with E-state index >= 15 is 0 Å². The van der Waals surface area contributed by atoms with Gasteiger partial charge in [0.15, 0.2) is 0 Å². The summed E-state index contributed by atoms with van der Waals surface area (Å²) >= 11 is 0. The molecule has 0 spiro atoms. The van der Waals surface area contributed by atoms with Crippen LogP contribution in [0.2, 0.25) is 0 Å². The van der Waals surface area contributed by atoms with Gasteiger partial charge < -0.3 is 0 Å². The Bertz CT molecular complexity index is 636. The molecule has 0 aliphatic heterocycles. The molecule has 0 aromatic rings. The first-order valence-electron chi connectivity index (χ1n) is 12.2. The Labute approximate surface area is 172 Å². The van der Waals surface area contributed by atoms with E-state index in [0.717, 1.165) is 24.2 Å². The van der Waals surface area contributed by atoms with Crippen LogP contribution in [0, 0.1) is 52.3 Å². The molecule has 0 bridgehead atoms. The van der Waals surface area contributed by atoms with Crippen LogP contribution in [0.1, 0.15) is 98.8 Å². The van der Waals surface area contributed by atoms with Crippen LogP contribution in [0.15, 0.2) is 0 Å². The Kier molecular flexibility index (Phi) is 5.33. The van der Waals surface area contributed by atoms with Gasteiger partial charge in [-0.3, -0.25) is 9.59 Å². The third kappa shape index (κ3) is 3.03. The lowest BCUT2D eigenvalue weighted by atomic mass is 9.53. The van der Waals surface area contributed by atoms with Gasteiger partial charge in [0, 0.05) is 24.7 Å². The zero-order chi connectivity index (χ0) is 20.3. The highest BCUT2D eigenvalue weighted by Gasteiger charge is 2.66. The normalized spacial score (nSPS) is 46.4. The number of hydrogen-bond donors (Lipinski definition) is 0. The van der Waals surface area contributed by atoms with E-state index in [4.69, 9.17) is 0 Å². The van der Waals surface area contributed by atoms with Crippen molar-refractivity contribution in [2.45, 2.75) is 98.8 Å². The fourth-order valence-electron chi connectivity index (χ4n) is 8.55. The van der Waals surface area contributed by atoms with Gasteiger partial charge in [0.25, 0.3) is 0 Å². The summed E-state index contributed by atoms with van der Waals surface area (Å²) in [7, 11) is 0. The summed E-state index contributed by atoms with van der Waals surface area (Å²) < 4.78 is 0. The number of ketones is 2. The lowest BCUT2D eigenvalue weighted by Crippen LogP contribution is -2.45. The van der Waals surface area contributed by atoms with E-state index in [1.54, 1.807) is 0 Å². The van der Waals surface area contributed by atoms with Crippen molar-refractivity contribution < 1.29 is 9.59 Å². The summed E-state index contributed by atoms with van der Waals surface area (Å²) in [5, 5.41) is 0. The van der Waals surface area contributed by atoms with Gasteiger partial charge in [-0.05, 0) is 72.5 Å². The quantitative estimate of drug-likeness (QED) is 0.543. The molecule has 4 rings (SSSR count). The molecular formula is C26H42O2. The molecule has 0 aromatic carbocycles. The summed E-state index contributed by atoms with van der Waals surface area (Å²) in [6.07, 6.45) is 11.4. The largest absolute Gasteiger partial charge is 0.300 e. The Morgan fingerprint density at radius 2 is 1.64 bits per heavy atom. The molecule has 4 saturated carbocycles. The van der Waals surface area contributed by atoms with E-state index in [2.05, 4.69) is 34.6 Å². The van der Waals surface area contributed by atoms with E-state index in [0.29, 0.717) is 41.7 Å². The molecule has 2 heteroatoms. The molecular weight excluding hydrogens is 344 g/mol. The lowest BCUT2D eigenvalue weighted by molar-refractivity contribution is -0.134. The zero-order valence-electron chi connectivity index (χ0n) is 18.9. The number of carbonyl (C=O) groups excluding carboxylic acids is 2. The van der Waals surface area contributed by atoms with Gasteiger partial charge in [0.05, 0.1) is 0 Å². The second-order valence-corrected chi connectivity index (χ2v) is 12.0. The van der Waals surface area contributed by atoms with Crippen LogP contribution in [0.25, 0.3) is 0 Å². The van der Waals surface area contributed by atoms with Gasteiger partial charge in [-0.1, -0.05) is 53.9 Å². The van der Waals surface area contributed by atoms with Gasteiger partial charge in [-0.25, -0.2) is 0 Å². The smallest absolute Gasteiger partial charge is 0.140 e. The minimum atomic E-state index is 0.0358. The van der Waals surface area contributed by atoms with Gasteiger partial charge in [-0.15, -0.1) is 0 Å². The van der Waals surface area contributed by atoms with Crippen LogP contribution in [0.5, 0.6) is 0 Å². The first kappa shape index (κ1) is 20.6. The number of carbonyl (C=O) groups is 2. The van der Waals surface area contributed by atoms with E-state index in [1.807, 2.05) is 0 Å². The maximum absolute atomic E-state index is 13.6. The molecule has 0 amide bonds. The Morgan fingerprint density at radius 3 is 2.36 bits per heavy atom. The highest BCUT2D eigenvalue weighted by molar-refractivity contribution is 5.93. The topological polar surface area (TPSA) is 34.1 Å². The lowest BCUT2D eigenvalue weighted by Gasteiger charge is -2.50. The minimum absolute atomic E-state index is 0.0358. The van der Waals surface area contributed by atoms with Gasteiger partial charge in [0.2, 0.25) is 0 Å². The van der Waals surface area contributed by atoms with Crippen molar-refractivity contribution in [2.75, 3.05) is 0 Å². The number of hydrogen-bond acceptors (Lipinski definition) is 2. The van der Waals surface area contributed by atoms with Crippen molar-refractivity contribution in [3.05, 3.63) is 0 Å². The van der Waals surface area contributed by atoms with Crippen molar-refractivity contribution >= 4 is 11.6 Å². The van der Waals surface area contributed by atoms with E-state index < -0.39 is 0 Å². The predicted molar refractivity (Wildman–Crippen MR) is 114 cm³/mol. The number of fused-ring (bicyclic) bond motifs is 5. The summed E-state index contributed by atoms with van der Waals surface area (Å²) in [5.74, 6) is 4.61. The first-order valence-corrected chi connectivity index (χ1v) is 12.2. The third-order valence-electron chi connectivity index (χ3n) is 10.2. The molecule has 0 unspecified atom stereocenters. The van der Waals surface area contributed by atoms with Crippen LogP contribution < -0.4 is 0 Å². The Balaban J connectivity index is 1.53. The average Bonchev–Trinajstić information content (AvgIpc) is 3.08. The predicted octanol–water partition coefficient (Wildman–Crippen LogP) is 6.47. The number of Topliss-reactive ketones (excluding diaryl/α,β-unsaturated/α-hetero) is 2. The molecule has 0 N–H and O–H groups in total. The molecule has 0 radical (unpaired) electrons. The first-order chi connectivity index (χ1) is 13.2. The fourth-order valence-corrected chi connectivity index (χ4v) is 8.55. The Morgan fingerprint density at radius 1 is 0.929 bits per heavy atom. The van der Waals surface area contributed by atoms with Crippen molar-refractivity contribution in [3.8, 4) is 0 Å². The van der Waals surface area contributed by atoms with Gasteiger partial charge >= 0.3 is 0 Å². The van der Waals surface area contributed by atoms with E-state index in [-0.39, 0.29) is 17.3 Å². The van der Waals surface area contributed by atoms with Crippen molar-refractivity contribution in [3.63, 3.8) is 0 Å². The highest BCUT2D eigenvalue weighted by Crippen LogP contribution is 2.69. The highest BCUT2D eigenvalue weighted by atomic mass is 16.1. The number of rotatable bonds is 5. The molecule has 2 nitrogen and oxygen atoms in total.